The van der Waals surface area contributed by atoms with Crippen LogP contribution in [0.3, 0.4) is 0 Å². The molecule has 0 saturated carbocycles. The molecule has 6 nitrogen and oxygen atoms in total. The van der Waals surface area contributed by atoms with E-state index in [1.165, 1.54) is 12.1 Å². The number of aliphatic hydroxyl groups excluding tert-OH is 1. The van der Waals surface area contributed by atoms with Gasteiger partial charge < -0.3 is 20.6 Å². The fraction of sp³-hybridized carbons (Fsp3) is 0.273. The average Bonchev–Trinajstić information content (AvgIpc) is 2.28. The Balaban J connectivity index is 2.77. The average molecular weight is 239 g/mol. The number of carboxylic acid groups (broad SMARTS) is 1. The zero-order valence-corrected chi connectivity index (χ0v) is 8.96. The molecule has 0 spiro atoms. The third-order valence-corrected chi connectivity index (χ3v) is 2.17. The van der Waals surface area contributed by atoms with E-state index in [9.17, 15) is 14.7 Å². The molecule has 1 aromatic carbocycles. The fourth-order valence-electron chi connectivity index (χ4n) is 1.29. The number of rotatable bonds is 5. The van der Waals surface area contributed by atoms with Crippen molar-refractivity contribution < 1.29 is 24.9 Å². The third kappa shape index (κ3) is 3.46. The Morgan fingerprint density at radius 1 is 1.29 bits per heavy atom. The van der Waals surface area contributed by atoms with Crippen LogP contribution < -0.4 is 5.32 Å². The second-order valence-electron chi connectivity index (χ2n) is 3.39. The number of carbonyl (C=O) groups excluding carboxylic acids is 1. The standard InChI is InChI=1S/C11H13NO5/c13-6-5-8(11(16)17)12-10(15)7-3-1-2-4-9(7)14/h1-4,8,13-14H,5-6H2,(H,12,15)(H,16,17)/t8-/m0/s1. The quantitative estimate of drug-likeness (QED) is 0.576. The monoisotopic (exact) mass is 239 g/mol. The summed E-state index contributed by atoms with van der Waals surface area (Å²) in [7, 11) is 0. The maximum absolute atomic E-state index is 11.6. The van der Waals surface area contributed by atoms with Crippen molar-refractivity contribution in [2.24, 2.45) is 0 Å². The number of carbonyl (C=O) groups is 2. The molecule has 0 radical (unpaired) electrons. The molecule has 4 N–H and O–H groups in total. The number of nitrogens with one attached hydrogen (secondary N) is 1. The van der Waals surface area contributed by atoms with E-state index in [2.05, 4.69) is 5.32 Å². The summed E-state index contributed by atoms with van der Waals surface area (Å²) in [5.41, 5.74) is -0.00307. The summed E-state index contributed by atoms with van der Waals surface area (Å²) in [6.07, 6.45) is -0.0886. The number of benzene rings is 1. The molecular formula is C11H13NO5. The molecule has 0 heterocycles. The van der Waals surface area contributed by atoms with Crippen molar-refractivity contribution in [3.63, 3.8) is 0 Å². The Bertz CT molecular complexity index is 418. The van der Waals surface area contributed by atoms with Crippen LogP contribution in [0.15, 0.2) is 24.3 Å². The lowest BCUT2D eigenvalue weighted by atomic mass is 10.1. The largest absolute Gasteiger partial charge is 0.507 e. The van der Waals surface area contributed by atoms with Crippen LogP contribution in [0.1, 0.15) is 16.8 Å². The first-order valence-electron chi connectivity index (χ1n) is 4.98. The Morgan fingerprint density at radius 2 is 1.94 bits per heavy atom. The van der Waals surface area contributed by atoms with Crippen LogP contribution in [-0.2, 0) is 4.79 Å². The smallest absolute Gasteiger partial charge is 0.326 e. The zero-order chi connectivity index (χ0) is 12.8. The van der Waals surface area contributed by atoms with Gasteiger partial charge in [-0.05, 0) is 12.1 Å². The second kappa shape index (κ2) is 5.86. The fourth-order valence-corrected chi connectivity index (χ4v) is 1.29. The van der Waals surface area contributed by atoms with E-state index >= 15 is 0 Å². The maximum atomic E-state index is 11.6. The van der Waals surface area contributed by atoms with E-state index in [0.717, 1.165) is 0 Å². The van der Waals surface area contributed by atoms with Crippen LogP contribution in [0, 0.1) is 0 Å². The number of aromatic hydroxyl groups is 1. The van der Waals surface area contributed by atoms with Crippen LogP contribution in [0.5, 0.6) is 5.75 Å². The third-order valence-electron chi connectivity index (χ3n) is 2.17. The predicted octanol–water partition coefficient (Wildman–Crippen LogP) is -0.0424. The van der Waals surface area contributed by atoms with Crippen molar-refractivity contribution in [2.45, 2.75) is 12.5 Å². The normalized spacial score (nSPS) is 11.8. The van der Waals surface area contributed by atoms with Crippen molar-refractivity contribution in [3.05, 3.63) is 29.8 Å². The number of aliphatic hydroxyl groups is 1. The molecule has 1 rings (SSSR count). The molecule has 1 atom stereocenters. The molecule has 0 aliphatic carbocycles. The highest BCUT2D eigenvalue weighted by atomic mass is 16.4. The number of hydrogen-bond donors (Lipinski definition) is 4. The minimum absolute atomic E-state index is 0.00307. The van der Waals surface area contributed by atoms with Crippen molar-refractivity contribution in [1.82, 2.24) is 5.32 Å². The Labute approximate surface area is 97.5 Å². The Kier molecular flexibility index (Phi) is 4.47. The van der Waals surface area contributed by atoms with Crippen LogP contribution in [0.2, 0.25) is 0 Å². The molecule has 6 heteroatoms. The van der Waals surface area contributed by atoms with Gasteiger partial charge in [-0.15, -0.1) is 0 Å². The first-order valence-corrected chi connectivity index (χ1v) is 4.98. The Hall–Kier alpha value is -2.08. The molecule has 0 aromatic heterocycles. The number of para-hydroxylation sites is 1. The van der Waals surface area contributed by atoms with Gasteiger partial charge in [-0.25, -0.2) is 4.79 Å². The van der Waals surface area contributed by atoms with Crippen molar-refractivity contribution in [3.8, 4) is 5.75 Å². The van der Waals surface area contributed by atoms with Gasteiger partial charge in [0.05, 0.1) is 5.56 Å². The van der Waals surface area contributed by atoms with Crippen molar-refractivity contribution >= 4 is 11.9 Å². The van der Waals surface area contributed by atoms with Gasteiger partial charge in [0, 0.05) is 13.0 Å². The molecule has 1 aromatic rings. The molecule has 0 aliphatic heterocycles. The molecular weight excluding hydrogens is 226 g/mol. The van der Waals surface area contributed by atoms with Gasteiger partial charge in [0.25, 0.3) is 5.91 Å². The van der Waals surface area contributed by atoms with Gasteiger partial charge in [0.15, 0.2) is 0 Å². The van der Waals surface area contributed by atoms with Gasteiger partial charge in [-0.3, -0.25) is 4.79 Å². The highest BCUT2D eigenvalue weighted by Crippen LogP contribution is 2.15. The second-order valence-corrected chi connectivity index (χ2v) is 3.39. The van der Waals surface area contributed by atoms with Crippen LogP contribution in [-0.4, -0.2) is 39.8 Å². The number of phenolic OH excluding ortho intramolecular Hbond substituents is 1. The van der Waals surface area contributed by atoms with E-state index in [-0.39, 0.29) is 24.3 Å². The maximum Gasteiger partial charge on any atom is 0.326 e. The molecule has 0 aliphatic rings. The van der Waals surface area contributed by atoms with E-state index in [1.54, 1.807) is 12.1 Å². The van der Waals surface area contributed by atoms with Crippen molar-refractivity contribution in [1.29, 1.82) is 0 Å². The first-order chi connectivity index (χ1) is 8.06. The number of hydrogen-bond acceptors (Lipinski definition) is 4. The summed E-state index contributed by atoms with van der Waals surface area (Å²) >= 11 is 0. The van der Waals surface area contributed by atoms with Crippen LogP contribution in [0.4, 0.5) is 0 Å². The van der Waals surface area contributed by atoms with Gasteiger partial charge >= 0.3 is 5.97 Å². The van der Waals surface area contributed by atoms with E-state index in [4.69, 9.17) is 10.2 Å². The molecule has 17 heavy (non-hydrogen) atoms. The SMILES string of the molecule is O=C(N[C@@H](CCO)C(=O)O)c1ccccc1O. The molecule has 0 bridgehead atoms. The summed E-state index contributed by atoms with van der Waals surface area (Å²) in [4.78, 5) is 22.4. The number of phenols is 1. The predicted molar refractivity (Wildman–Crippen MR) is 58.7 cm³/mol. The van der Waals surface area contributed by atoms with E-state index in [1.807, 2.05) is 0 Å². The molecule has 0 saturated heterocycles. The molecule has 0 unspecified atom stereocenters. The number of aliphatic carboxylic acids is 1. The molecule has 92 valence electrons. The summed E-state index contributed by atoms with van der Waals surface area (Å²) in [6, 6.07) is 4.64. The topological polar surface area (TPSA) is 107 Å². The zero-order valence-electron chi connectivity index (χ0n) is 8.96. The lowest BCUT2D eigenvalue weighted by Crippen LogP contribution is -2.41. The van der Waals surface area contributed by atoms with Gasteiger partial charge in [-0.2, -0.15) is 0 Å². The van der Waals surface area contributed by atoms with Crippen molar-refractivity contribution in [2.75, 3.05) is 6.61 Å². The number of carboxylic acids is 1. The van der Waals surface area contributed by atoms with Crippen LogP contribution in [0.25, 0.3) is 0 Å². The molecule has 1 amide bonds. The lowest BCUT2D eigenvalue weighted by Gasteiger charge is -2.13. The van der Waals surface area contributed by atoms with E-state index < -0.39 is 17.9 Å². The summed E-state index contributed by atoms with van der Waals surface area (Å²) in [5.74, 6) is -2.15. The lowest BCUT2D eigenvalue weighted by molar-refractivity contribution is -0.139. The van der Waals surface area contributed by atoms with Crippen LogP contribution >= 0.6 is 0 Å². The molecule has 0 fully saturated rings. The van der Waals surface area contributed by atoms with E-state index in [0.29, 0.717) is 0 Å². The highest BCUT2D eigenvalue weighted by Gasteiger charge is 2.21. The first kappa shape index (κ1) is 13.0. The minimum atomic E-state index is -1.23. The minimum Gasteiger partial charge on any atom is -0.507 e. The summed E-state index contributed by atoms with van der Waals surface area (Å²) in [6.45, 7) is -0.349. The highest BCUT2D eigenvalue weighted by molar-refractivity contribution is 5.98. The Morgan fingerprint density at radius 3 is 2.47 bits per heavy atom. The number of amides is 1. The van der Waals surface area contributed by atoms with Gasteiger partial charge in [0.1, 0.15) is 11.8 Å². The summed E-state index contributed by atoms with van der Waals surface area (Å²) in [5, 5.41) is 29.1. The van der Waals surface area contributed by atoms with Gasteiger partial charge in [-0.1, -0.05) is 12.1 Å². The summed E-state index contributed by atoms with van der Waals surface area (Å²) < 4.78 is 0. The van der Waals surface area contributed by atoms with Gasteiger partial charge in [0.2, 0.25) is 0 Å².